The third-order valence-electron chi connectivity index (χ3n) is 1.46. The first-order chi connectivity index (χ1) is 5.15. The van der Waals surface area contributed by atoms with E-state index in [0.29, 0.717) is 0 Å². The van der Waals surface area contributed by atoms with Crippen LogP contribution in [0.5, 0.6) is 5.75 Å². The molecule has 0 aromatic heterocycles. The minimum absolute atomic E-state index is 0.873. The van der Waals surface area contributed by atoms with Crippen LogP contribution in [0.2, 0.25) is 0 Å². The molecule has 0 N–H and O–H groups in total. The summed E-state index contributed by atoms with van der Waals surface area (Å²) in [4.78, 5) is 0.896. The molecule has 0 aliphatic heterocycles. The molecule has 0 radical (unpaired) electrons. The molecule has 0 aliphatic rings. The van der Waals surface area contributed by atoms with Gasteiger partial charge in [0.2, 0.25) is 0 Å². The summed E-state index contributed by atoms with van der Waals surface area (Å²) < 4.78 is 6.11. The zero-order chi connectivity index (χ0) is 8.43. The van der Waals surface area contributed by atoms with Crippen molar-refractivity contribution >= 4 is 28.6 Å². The number of thiol groups is 1. The van der Waals surface area contributed by atoms with Crippen molar-refractivity contribution in [1.29, 1.82) is 0 Å². The summed E-state index contributed by atoms with van der Waals surface area (Å²) in [5.41, 5.74) is 1.11. The van der Waals surface area contributed by atoms with Gasteiger partial charge in [-0.2, -0.15) is 0 Å². The number of rotatable bonds is 1. The van der Waals surface area contributed by atoms with Crippen LogP contribution in [0.4, 0.5) is 0 Å². The first-order valence-corrected chi connectivity index (χ1v) is 4.42. The SMILES string of the molecule is COc1cc(S)c(Br)cc1C. The van der Waals surface area contributed by atoms with E-state index in [4.69, 9.17) is 4.74 Å². The molecule has 0 amide bonds. The van der Waals surface area contributed by atoms with Crippen molar-refractivity contribution in [3.8, 4) is 5.75 Å². The van der Waals surface area contributed by atoms with Crippen LogP contribution in [-0.4, -0.2) is 7.11 Å². The third-order valence-corrected chi connectivity index (χ3v) is 2.80. The molecule has 1 aromatic rings. The van der Waals surface area contributed by atoms with E-state index in [2.05, 4.69) is 28.6 Å². The molecular formula is C8H9BrOS. The molecule has 0 bridgehead atoms. The largest absolute Gasteiger partial charge is 0.496 e. The Morgan fingerprint density at radius 1 is 1.45 bits per heavy atom. The molecule has 1 nitrogen and oxygen atoms in total. The van der Waals surface area contributed by atoms with Gasteiger partial charge in [-0.15, -0.1) is 12.6 Å². The molecule has 0 saturated carbocycles. The Balaban J connectivity index is 3.21. The van der Waals surface area contributed by atoms with Gasteiger partial charge in [0.1, 0.15) is 5.75 Å². The molecule has 60 valence electrons. The lowest BCUT2D eigenvalue weighted by Gasteiger charge is -2.05. The summed E-state index contributed by atoms with van der Waals surface area (Å²) in [5.74, 6) is 0.873. The number of hydrogen-bond acceptors (Lipinski definition) is 2. The number of ether oxygens (including phenoxy) is 1. The average molecular weight is 233 g/mol. The number of methoxy groups -OCH3 is 1. The molecule has 0 aliphatic carbocycles. The van der Waals surface area contributed by atoms with Gasteiger partial charge >= 0.3 is 0 Å². The van der Waals surface area contributed by atoms with Gasteiger partial charge in [-0.05, 0) is 40.5 Å². The van der Waals surface area contributed by atoms with Crippen LogP contribution < -0.4 is 4.74 Å². The Morgan fingerprint density at radius 2 is 2.09 bits per heavy atom. The van der Waals surface area contributed by atoms with Gasteiger partial charge in [-0.1, -0.05) is 0 Å². The van der Waals surface area contributed by atoms with E-state index in [1.165, 1.54) is 0 Å². The maximum atomic E-state index is 5.11. The van der Waals surface area contributed by atoms with Crippen LogP contribution in [0.25, 0.3) is 0 Å². The molecule has 0 saturated heterocycles. The van der Waals surface area contributed by atoms with Gasteiger partial charge in [-0.25, -0.2) is 0 Å². The van der Waals surface area contributed by atoms with E-state index < -0.39 is 0 Å². The topological polar surface area (TPSA) is 9.23 Å². The van der Waals surface area contributed by atoms with Gasteiger partial charge in [0.05, 0.1) is 7.11 Å². The normalized spacial score (nSPS) is 9.82. The molecule has 1 rings (SSSR count). The number of benzene rings is 1. The molecule has 1 aromatic carbocycles. The van der Waals surface area contributed by atoms with E-state index in [1.54, 1.807) is 7.11 Å². The van der Waals surface area contributed by atoms with E-state index in [9.17, 15) is 0 Å². The van der Waals surface area contributed by atoms with Crippen molar-refractivity contribution < 1.29 is 4.74 Å². The van der Waals surface area contributed by atoms with Crippen molar-refractivity contribution in [3.63, 3.8) is 0 Å². The van der Waals surface area contributed by atoms with Crippen LogP contribution in [0.1, 0.15) is 5.56 Å². The molecule has 3 heteroatoms. The quantitative estimate of drug-likeness (QED) is 0.733. The molecule has 0 fully saturated rings. The fraction of sp³-hybridized carbons (Fsp3) is 0.250. The third kappa shape index (κ3) is 1.91. The fourth-order valence-electron chi connectivity index (χ4n) is 0.862. The standard InChI is InChI=1S/C8H9BrOS/c1-5-3-6(9)8(11)4-7(5)10-2/h3-4,11H,1-2H3. The van der Waals surface area contributed by atoms with Crippen LogP contribution in [-0.2, 0) is 0 Å². The van der Waals surface area contributed by atoms with Crippen molar-refractivity contribution in [3.05, 3.63) is 22.2 Å². The molecular weight excluding hydrogens is 224 g/mol. The minimum atomic E-state index is 0.873. The highest BCUT2D eigenvalue weighted by molar-refractivity contribution is 9.10. The maximum Gasteiger partial charge on any atom is 0.122 e. The summed E-state index contributed by atoms with van der Waals surface area (Å²) in [5, 5.41) is 0. The number of halogens is 1. The van der Waals surface area contributed by atoms with Crippen LogP contribution in [0, 0.1) is 6.92 Å². The van der Waals surface area contributed by atoms with Crippen molar-refractivity contribution in [1.82, 2.24) is 0 Å². The monoisotopic (exact) mass is 232 g/mol. The molecule has 0 unspecified atom stereocenters. The van der Waals surface area contributed by atoms with Gasteiger partial charge < -0.3 is 4.74 Å². The van der Waals surface area contributed by atoms with E-state index >= 15 is 0 Å². The van der Waals surface area contributed by atoms with Gasteiger partial charge in [0, 0.05) is 9.37 Å². The second-order valence-corrected chi connectivity index (χ2v) is 3.61. The van der Waals surface area contributed by atoms with Crippen molar-refractivity contribution in [2.24, 2.45) is 0 Å². The first-order valence-electron chi connectivity index (χ1n) is 3.18. The van der Waals surface area contributed by atoms with Crippen molar-refractivity contribution in [2.75, 3.05) is 7.11 Å². The lowest BCUT2D eigenvalue weighted by molar-refractivity contribution is 0.410. The lowest BCUT2D eigenvalue weighted by atomic mass is 10.2. The summed E-state index contributed by atoms with van der Waals surface area (Å²) in [6, 6.07) is 3.88. The molecule has 11 heavy (non-hydrogen) atoms. The summed E-state index contributed by atoms with van der Waals surface area (Å²) in [7, 11) is 1.66. The predicted molar refractivity (Wildman–Crippen MR) is 52.7 cm³/mol. The zero-order valence-electron chi connectivity index (χ0n) is 6.39. The first kappa shape index (κ1) is 8.94. The molecule has 0 heterocycles. The molecule has 0 atom stereocenters. The Hall–Kier alpha value is -0.150. The zero-order valence-corrected chi connectivity index (χ0v) is 8.87. The van der Waals surface area contributed by atoms with Gasteiger partial charge in [0.25, 0.3) is 0 Å². The van der Waals surface area contributed by atoms with Gasteiger partial charge in [-0.3, -0.25) is 0 Å². The lowest BCUT2D eigenvalue weighted by Crippen LogP contribution is -1.87. The van der Waals surface area contributed by atoms with E-state index in [1.807, 2.05) is 19.1 Å². The Morgan fingerprint density at radius 3 is 2.64 bits per heavy atom. The Bertz CT molecular complexity index is 273. The predicted octanol–water partition coefficient (Wildman–Crippen LogP) is 3.05. The van der Waals surface area contributed by atoms with Crippen LogP contribution in [0.15, 0.2) is 21.5 Å². The molecule has 0 spiro atoms. The Labute approximate surface area is 80.3 Å². The Kier molecular flexibility index (Phi) is 2.84. The number of hydrogen-bond donors (Lipinski definition) is 1. The van der Waals surface area contributed by atoms with Crippen LogP contribution >= 0.6 is 28.6 Å². The minimum Gasteiger partial charge on any atom is -0.496 e. The number of aryl methyl sites for hydroxylation is 1. The van der Waals surface area contributed by atoms with Gasteiger partial charge in [0.15, 0.2) is 0 Å². The second kappa shape index (κ2) is 3.50. The van der Waals surface area contributed by atoms with Crippen molar-refractivity contribution in [2.45, 2.75) is 11.8 Å². The van der Waals surface area contributed by atoms with E-state index in [0.717, 1.165) is 20.7 Å². The summed E-state index contributed by atoms with van der Waals surface area (Å²) in [6.07, 6.45) is 0. The van der Waals surface area contributed by atoms with Crippen LogP contribution in [0.3, 0.4) is 0 Å². The summed E-state index contributed by atoms with van der Waals surface area (Å²) in [6.45, 7) is 2.00. The van der Waals surface area contributed by atoms with E-state index in [-0.39, 0.29) is 0 Å². The highest BCUT2D eigenvalue weighted by Crippen LogP contribution is 2.28. The average Bonchev–Trinajstić information content (AvgIpc) is 1.97. The second-order valence-electron chi connectivity index (χ2n) is 2.27. The smallest absolute Gasteiger partial charge is 0.122 e. The highest BCUT2D eigenvalue weighted by atomic mass is 79.9. The fourth-order valence-corrected chi connectivity index (χ4v) is 1.50. The highest BCUT2D eigenvalue weighted by Gasteiger charge is 2.01. The summed E-state index contributed by atoms with van der Waals surface area (Å²) >= 11 is 7.62. The maximum absolute atomic E-state index is 5.11.